The van der Waals surface area contributed by atoms with Crippen LogP contribution in [0.25, 0.3) is 0 Å². The SMILES string of the molecule is CCCCCCC1=C2C(=O)C[C@H]3CN(S(=O)(=O)c4ccc(C)cc4)C[C@@H](OC1=O)[C@@H]23. The molecule has 0 N–H and O–H groups in total. The lowest BCUT2D eigenvalue weighted by atomic mass is 9.80. The van der Waals surface area contributed by atoms with Gasteiger partial charge in [0.05, 0.1) is 11.4 Å². The van der Waals surface area contributed by atoms with E-state index in [0.29, 0.717) is 17.6 Å². The number of hydrogen-bond acceptors (Lipinski definition) is 5. The van der Waals surface area contributed by atoms with Crippen LogP contribution in [0, 0.1) is 18.8 Å². The number of benzene rings is 1. The number of ketones is 1. The maximum absolute atomic E-state index is 13.2. The van der Waals surface area contributed by atoms with Crippen LogP contribution in [0.1, 0.15) is 51.0 Å². The van der Waals surface area contributed by atoms with Gasteiger partial charge in [-0.25, -0.2) is 13.2 Å². The van der Waals surface area contributed by atoms with Crippen molar-refractivity contribution in [2.45, 2.75) is 63.4 Å². The Morgan fingerprint density at radius 3 is 2.50 bits per heavy atom. The van der Waals surface area contributed by atoms with Gasteiger partial charge in [0.2, 0.25) is 10.0 Å². The van der Waals surface area contributed by atoms with Crippen LogP contribution in [0.4, 0.5) is 0 Å². The summed E-state index contributed by atoms with van der Waals surface area (Å²) in [5, 5.41) is 0. The molecule has 6 nitrogen and oxygen atoms in total. The average Bonchev–Trinajstić information content (AvgIpc) is 3.04. The minimum absolute atomic E-state index is 0.00766. The zero-order valence-corrected chi connectivity index (χ0v) is 18.4. The number of aryl methyl sites for hydroxylation is 1. The summed E-state index contributed by atoms with van der Waals surface area (Å²) in [7, 11) is -3.71. The Morgan fingerprint density at radius 1 is 1.07 bits per heavy atom. The first kappa shape index (κ1) is 21.2. The van der Waals surface area contributed by atoms with E-state index >= 15 is 0 Å². The zero-order valence-electron chi connectivity index (χ0n) is 17.6. The molecule has 0 radical (unpaired) electrons. The van der Waals surface area contributed by atoms with Crippen LogP contribution in [0.3, 0.4) is 0 Å². The molecule has 0 spiro atoms. The van der Waals surface area contributed by atoms with Gasteiger partial charge in [0.25, 0.3) is 0 Å². The van der Waals surface area contributed by atoms with Crippen LogP contribution in [-0.4, -0.2) is 43.7 Å². The Morgan fingerprint density at radius 2 is 1.80 bits per heavy atom. The highest BCUT2D eigenvalue weighted by Crippen LogP contribution is 2.47. The molecule has 1 aliphatic carbocycles. The summed E-state index contributed by atoms with van der Waals surface area (Å²) in [6.45, 7) is 4.42. The molecule has 1 aromatic rings. The molecule has 0 unspecified atom stereocenters. The Kier molecular flexibility index (Phi) is 5.86. The fraction of sp³-hybridized carbons (Fsp3) is 0.565. The second-order valence-electron chi connectivity index (χ2n) is 8.69. The zero-order chi connectivity index (χ0) is 21.5. The molecule has 1 saturated heterocycles. The Labute approximate surface area is 178 Å². The molecule has 0 aromatic heterocycles. The third-order valence-electron chi connectivity index (χ3n) is 6.58. The quantitative estimate of drug-likeness (QED) is 0.488. The third kappa shape index (κ3) is 3.73. The molecule has 4 rings (SSSR count). The number of Topliss-reactive ketones (excluding diaryl/α,β-unsaturated/α-hetero) is 1. The van der Waals surface area contributed by atoms with Crippen molar-refractivity contribution >= 4 is 21.8 Å². The molecule has 1 saturated carbocycles. The minimum atomic E-state index is -3.71. The van der Waals surface area contributed by atoms with Crippen molar-refractivity contribution in [2.75, 3.05) is 13.1 Å². The first-order chi connectivity index (χ1) is 14.3. The van der Waals surface area contributed by atoms with Gasteiger partial charge in [0, 0.05) is 30.0 Å². The smallest absolute Gasteiger partial charge is 0.334 e. The van der Waals surface area contributed by atoms with Crippen LogP contribution in [0.5, 0.6) is 0 Å². The minimum Gasteiger partial charge on any atom is -0.457 e. The fourth-order valence-corrected chi connectivity index (χ4v) is 6.54. The largest absolute Gasteiger partial charge is 0.457 e. The number of esters is 1. The number of unbranched alkanes of at least 4 members (excludes halogenated alkanes) is 3. The molecule has 3 atom stereocenters. The summed E-state index contributed by atoms with van der Waals surface area (Å²) in [6, 6.07) is 6.74. The summed E-state index contributed by atoms with van der Waals surface area (Å²) in [6.07, 6.45) is 4.36. The molecule has 2 fully saturated rings. The fourth-order valence-electron chi connectivity index (χ4n) is 5.03. The Balaban J connectivity index is 1.59. The van der Waals surface area contributed by atoms with Gasteiger partial charge in [-0.1, -0.05) is 43.9 Å². The molecule has 3 aliphatic rings. The van der Waals surface area contributed by atoms with Gasteiger partial charge in [-0.2, -0.15) is 4.31 Å². The molecule has 0 amide bonds. The van der Waals surface area contributed by atoms with Crippen LogP contribution in [0.2, 0.25) is 0 Å². The van der Waals surface area contributed by atoms with Crippen molar-refractivity contribution in [3.8, 4) is 0 Å². The first-order valence-corrected chi connectivity index (χ1v) is 12.3. The van der Waals surface area contributed by atoms with Crippen molar-refractivity contribution < 1.29 is 22.7 Å². The lowest BCUT2D eigenvalue weighted by Crippen LogP contribution is -2.53. The molecule has 1 aromatic carbocycles. The van der Waals surface area contributed by atoms with Gasteiger partial charge < -0.3 is 4.74 Å². The average molecular weight is 432 g/mol. The normalized spacial score (nSPS) is 26.7. The number of piperidine rings is 1. The van der Waals surface area contributed by atoms with Crippen LogP contribution >= 0.6 is 0 Å². The van der Waals surface area contributed by atoms with E-state index in [9.17, 15) is 18.0 Å². The summed E-state index contributed by atoms with van der Waals surface area (Å²) >= 11 is 0. The Hall–Kier alpha value is -1.99. The molecular formula is C23H29NO5S. The third-order valence-corrected chi connectivity index (χ3v) is 8.43. The highest BCUT2D eigenvalue weighted by molar-refractivity contribution is 7.89. The van der Waals surface area contributed by atoms with E-state index in [-0.39, 0.29) is 42.0 Å². The second-order valence-corrected chi connectivity index (χ2v) is 10.6. The van der Waals surface area contributed by atoms with Gasteiger partial charge in [0.15, 0.2) is 5.78 Å². The highest BCUT2D eigenvalue weighted by Gasteiger charge is 2.54. The summed E-state index contributed by atoms with van der Waals surface area (Å²) < 4.78 is 33.4. The molecule has 162 valence electrons. The number of carbonyl (C=O) groups is 2. The highest BCUT2D eigenvalue weighted by atomic mass is 32.2. The van der Waals surface area contributed by atoms with Crippen molar-refractivity contribution in [3.63, 3.8) is 0 Å². The van der Waals surface area contributed by atoms with Gasteiger partial charge >= 0.3 is 5.97 Å². The van der Waals surface area contributed by atoms with Gasteiger partial charge in [-0.3, -0.25) is 4.79 Å². The van der Waals surface area contributed by atoms with Gasteiger partial charge in [-0.15, -0.1) is 0 Å². The second kappa shape index (κ2) is 8.27. The number of rotatable bonds is 7. The van der Waals surface area contributed by atoms with Crippen LogP contribution in [-0.2, 0) is 24.3 Å². The van der Waals surface area contributed by atoms with Crippen molar-refractivity contribution in [3.05, 3.63) is 41.0 Å². The number of ether oxygens (including phenoxy) is 1. The van der Waals surface area contributed by atoms with E-state index in [1.807, 2.05) is 6.92 Å². The molecule has 30 heavy (non-hydrogen) atoms. The van der Waals surface area contributed by atoms with Crippen molar-refractivity contribution in [1.82, 2.24) is 4.31 Å². The lowest BCUT2D eigenvalue weighted by Gasteiger charge is -2.42. The number of nitrogens with zero attached hydrogens (tertiary/aromatic N) is 1. The molecule has 7 heteroatoms. The van der Waals surface area contributed by atoms with Crippen LogP contribution in [0.15, 0.2) is 40.3 Å². The van der Waals surface area contributed by atoms with Gasteiger partial charge in [0.1, 0.15) is 6.10 Å². The summed E-state index contributed by atoms with van der Waals surface area (Å²) in [5.74, 6) is -0.746. The maximum atomic E-state index is 13.2. The first-order valence-electron chi connectivity index (χ1n) is 10.9. The molecule has 2 heterocycles. The van der Waals surface area contributed by atoms with E-state index in [0.717, 1.165) is 31.2 Å². The summed E-state index contributed by atoms with van der Waals surface area (Å²) in [4.78, 5) is 25.8. The van der Waals surface area contributed by atoms with Crippen molar-refractivity contribution in [1.29, 1.82) is 0 Å². The van der Waals surface area contributed by atoms with E-state index < -0.39 is 22.1 Å². The maximum Gasteiger partial charge on any atom is 0.334 e. The lowest BCUT2D eigenvalue weighted by molar-refractivity contribution is -0.152. The standard InChI is InChI=1S/C23H29NO5S/c1-3-4-5-6-7-18-22-19(25)12-16-13-24(14-20(21(16)22)29-23(18)26)30(27,28)17-10-8-15(2)9-11-17/h8-11,16,20-21H,3-7,12-14H2,1-2H3/t16-,20+,21-/m0/s1. The van der Waals surface area contributed by atoms with E-state index in [1.165, 1.54) is 4.31 Å². The number of sulfonamides is 1. The predicted molar refractivity (Wildman–Crippen MR) is 112 cm³/mol. The van der Waals surface area contributed by atoms with Gasteiger partial charge in [-0.05, 0) is 37.8 Å². The predicted octanol–water partition coefficient (Wildman–Crippen LogP) is 3.40. The summed E-state index contributed by atoms with van der Waals surface area (Å²) in [5.41, 5.74) is 2.15. The topological polar surface area (TPSA) is 80.8 Å². The monoisotopic (exact) mass is 431 g/mol. The van der Waals surface area contributed by atoms with Crippen LogP contribution < -0.4 is 0 Å². The molecule has 0 bridgehead atoms. The van der Waals surface area contributed by atoms with E-state index in [2.05, 4.69) is 6.92 Å². The van der Waals surface area contributed by atoms with E-state index in [1.54, 1.807) is 24.3 Å². The number of carbonyl (C=O) groups excluding carboxylic acids is 2. The molecular weight excluding hydrogens is 402 g/mol. The number of hydrogen-bond donors (Lipinski definition) is 0. The van der Waals surface area contributed by atoms with E-state index in [4.69, 9.17) is 4.74 Å². The van der Waals surface area contributed by atoms with Crippen molar-refractivity contribution in [2.24, 2.45) is 11.8 Å². The molecule has 2 aliphatic heterocycles. The Bertz CT molecular complexity index is 979.